The molecule has 9 heteroatoms. The number of hydrogen-bond acceptors (Lipinski definition) is 8. The number of aromatic nitrogens is 4. The first-order chi connectivity index (χ1) is 13.5. The molecule has 3 heterocycles. The molecule has 1 aliphatic heterocycles. The zero-order valence-electron chi connectivity index (χ0n) is 16.3. The summed E-state index contributed by atoms with van der Waals surface area (Å²) in [4.78, 5) is 6.75. The summed E-state index contributed by atoms with van der Waals surface area (Å²) in [6, 6.07) is 6.31. The van der Waals surface area contributed by atoms with E-state index in [0.29, 0.717) is 12.5 Å². The second-order valence-corrected chi connectivity index (χ2v) is 8.96. The topological polar surface area (TPSA) is 72.0 Å². The first-order valence-corrected chi connectivity index (χ1v) is 10.6. The molecule has 7 nitrogen and oxygen atoms in total. The van der Waals surface area contributed by atoms with Gasteiger partial charge in [0.15, 0.2) is 9.78 Å². The number of aryl methyl sites for hydroxylation is 3. The van der Waals surface area contributed by atoms with Crippen LogP contribution in [0.15, 0.2) is 22.7 Å². The van der Waals surface area contributed by atoms with Gasteiger partial charge in [0.2, 0.25) is 11.0 Å². The van der Waals surface area contributed by atoms with Crippen molar-refractivity contribution >= 4 is 34.4 Å². The summed E-state index contributed by atoms with van der Waals surface area (Å²) in [5, 5.41) is 12.8. The highest BCUT2D eigenvalue weighted by Crippen LogP contribution is 2.27. The molecular formula is C19H24N6OS2. The molecule has 1 N–H and O–H groups in total. The third-order valence-corrected chi connectivity index (χ3v) is 6.32. The standard InChI is InChI=1S/C19H24N6OS2/c1-12-6-7-16(9-13(12)2)21-18-22-25(19(27)28-18)11-24-8-4-5-15(10-24)17-20-14(3)23-26-17/h6-7,9,15H,4-5,8,10-11H2,1-3H3,(H,21,22). The number of benzene rings is 1. The van der Waals surface area contributed by atoms with Crippen molar-refractivity contribution < 1.29 is 4.52 Å². The molecule has 0 radical (unpaired) electrons. The third kappa shape index (κ3) is 4.31. The van der Waals surface area contributed by atoms with Gasteiger partial charge in [-0.25, -0.2) is 4.68 Å². The summed E-state index contributed by atoms with van der Waals surface area (Å²) >= 11 is 7.04. The number of likely N-dealkylation sites (tertiary alicyclic amines) is 1. The van der Waals surface area contributed by atoms with Crippen LogP contribution >= 0.6 is 23.6 Å². The first kappa shape index (κ1) is 19.2. The van der Waals surface area contributed by atoms with Gasteiger partial charge >= 0.3 is 0 Å². The fraction of sp³-hybridized carbons (Fsp3) is 0.474. The minimum Gasteiger partial charge on any atom is -0.339 e. The van der Waals surface area contributed by atoms with E-state index in [0.717, 1.165) is 46.6 Å². The first-order valence-electron chi connectivity index (χ1n) is 9.43. The SMILES string of the molecule is Cc1noc(C2CCCN(Cn3nc(Nc4ccc(C)c(C)c4)sc3=S)C2)n1. The summed E-state index contributed by atoms with van der Waals surface area (Å²) in [7, 11) is 0. The van der Waals surface area contributed by atoms with Gasteiger partial charge in [0, 0.05) is 12.2 Å². The van der Waals surface area contributed by atoms with Crippen LogP contribution < -0.4 is 5.32 Å². The summed E-state index contributed by atoms with van der Waals surface area (Å²) in [6.45, 7) is 8.64. The molecule has 3 aromatic rings. The maximum absolute atomic E-state index is 5.54. The normalized spacial score (nSPS) is 17.8. The van der Waals surface area contributed by atoms with Gasteiger partial charge in [0.1, 0.15) is 0 Å². The van der Waals surface area contributed by atoms with E-state index in [1.807, 2.05) is 11.6 Å². The van der Waals surface area contributed by atoms with Crippen molar-refractivity contribution in [3.05, 3.63) is 45.0 Å². The van der Waals surface area contributed by atoms with Crippen molar-refractivity contribution in [3.8, 4) is 0 Å². The van der Waals surface area contributed by atoms with Crippen LogP contribution in [-0.2, 0) is 6.67 Å². The monoisotopic (exact) mass is 416 g/mol. The Morgan fingerprint density at radius 2 is 2.14 bits per heavy atom. The lowest BCUT2D eigenvalue weighted by Gasteiger charge is -2.30. The number of piperidine rings is 1. The van der Waals surface area contributed by atoms with Crippen LogP contribution in [0.5, 0.6) is 0 Å². The van der Waals surface area contributed by atoms with Gasteiger partial charge in [-0.3, -0.25) is 4.90 Å². The average molecular weight is 417 g/mol. The highest BCUT2D eigenvalue weighted by atomic mass is 32.1. The van der Waals surface area contributed by atoms with Gasteiger partial charge in [-0.2, -0.15) is 4.98 Å². The van der Waals surface area contributed by atoms with Crippen molar-refractivity contribution in [3.63, 3.8) is 0 Å². The maximum atomic E-state index is 5.54. The fourth-order valence-corrected chi connectivity index (χ4v) is 4.46. The Morgan fingerprint density at radius 1 is 1.29 bits per heavy atom. The molecule has 28 heavy (non-hydrogen) atoms. The van der Waals surface area contributed by atoms with E-state index in [2.05, 4.69) is 57.5 Å². The zero-order chi connectivity index (χ0) is 19.7. The lowest BCUT2D eigenvalue weighted by molar-refractivity contribution is 0.144. The number of anilines is 2. The summed E-state index contributed by atoms with van der Waals surface area (Å²) in [5.41, 5.74) is 3.56. The number of nitrogens with one attached hydrogen (secondary N) is 1. The van der Waals surface area contributed by atoms with E-state index in [1.54, 1.807) is 0 Å². The number of nitrogens with zero attached hydrogens (tertiary/aromatic N) is 5. The molecule has 1 saturated heterocycles. The number of rotatable bonds is 5. The van der Waals surface area contributed by atoms with Crippen molar-refractivity contribution in [2.45, 2.75) is 46.2 Å². The van der Waals surface area contributed by atoms with Gasteiger partial charge in [-0.05, 0) is 75.6 Å². The molecule has 1 fully saturated rings. The van der Waals surface area contributed by atoms with Crippen LogP contribution in [0, 0.1) is 24.7 Å². The predicted molar refractivity (Wildman–Crippen MR) is 113 cm³/mol. The van der Waals surface area contributed by atoms with Gasteiger partial charge in [0.25, 0.3) is 0 Å². The van der Waals surface area contributed by atoms with Gasteiger partial charge < -0.3 is 9.84 Å². The van der Waals surface area contributed by atoms with Crippen molar-refractivity contribution in [2.24, 2.45) is 0 Å². The summed E-state index contributed by atoms with van der Waals surface area (Å²) < 4.78 is 8.04. The smallest absolute Gasteiger partial charge is 0.231 e. The van der Waals surface area contributed by atoms with Crippen molar-refractivity contribution in [1.29, 1.82) is 0 Å². The molecule has 1 unspecified atom stereocenters. The Kier molecular flexibility index (Phi) is 5.56. The molecule has 0 amide bonds. The van der Waals surface area contributed by atoms with E-state index < -0.39 is 0 Å². The number of hydrogen-bond donors (Lipinski definition) is 1. The van der Waals surface area contributed by atoms with E-state index in [-0.39, 0.29) is 5.92 Å². The van der Waals surface area contributed by atoms with Crippen LogP contribution in [0.25, 0.3) is 0 Å². The molecular weight excluding hydrogens is 392 g/mol. The molecule has 1 atom stereocenters. The molecule has 0 saturated carbocycles. The lowest BCUT2D eigenvalue weighted by atomic mass is 9.98. The molecule has 4 rings (SSSR count). The minimum atomic E-state index is 0.274. The van der Waals surface area contributed by atoms with E-state index in [9.17, 15) is 0 Å². The Morgan fingerprint density at radius 3 is 2.89 bits per heavy atom. The van der Waals surface area contributed by atoms with Crippen LogP contribution in [0.1, 0.15) is 41.6 Å². The second kappa shape index (κ2) is 8.10. The van der Waals surface area contributed by atoms with Gasteiger partial charge in [-0.15, -0.1) is 5.10 Å². The molecule has 0 bridgehead atoms. The Labute approximate surface area is 173 Å². The Bertz CT molecular complexity index is 1020. The fourth-order valence-electron chi connectivity index (χ4n) is 3.44. The average Bonchev–Trinajstić information content (AvgIpc) is 3.24. The van der Waals surface area contributed by atoms with Crippen LogP contribution in [-0.4, -0.2) is 37.9 Å². The van der Waals surface area contributed by atoms with Gasteiger partial charge in [-0.1, -0.05) is 22.6 Å². The van der Waals surface area contributed by atoms with Crippen molar-refractivity contribution in [1.82, 2.24) is 24.8 Å². The summed E-state index contributed by atoms with van der Waals surface area (Å²) in [5.74, 6) is 1.70. The molecule has 0 spiro atoms. The van der Waals surface area contributed by atoms with Crippen LogP contribution in [0.4, 0.5) is 10.8 Å². The highest BCUT2D eigenvalue weighted by molar-refractivity contribution is 7.73. The molecule has 148 valence electrons. The molecule has 2 aromatic heterocycles. The zero-order valence-corrected chi connectivity index (χ0v) is 17.9. The Balaban J connectivity index is 1.43. The minimum absolute atomic E-state index is 0.274. The van der Waals surface area contributed by atoms with Crippen LogP contribution in [0.3, 0.4) is 0 Å². The molecule has 0 aliphatic carbocycles. The largest absolute Gasteiger partial charge is 0.339 e. The predicted octanol–water partition coefficient (Wildman–Crippen LogP) is 4.56. The van der Waals surface area contributed by atoms with Crippen LogP contribution in [0.2, 0.25) is 0 Å². The maximum Gasteiger partial charge on any atom is 0.231 e. The third-order valence-electron chi connectivity index (χ3n) is 5.10. The summed E-state index contributed by atoms with van der Waals surface area (Å²) in [6.07, 6.45) is 2.16. The van der Waals surface area contributed by atoms with E-state index in [1.165, 1.54) is 22.5 Å². The van der Waals surface area contributed by atoms with E-state index >= 15 is 0 Å². The van der Waals surface area contributed by atoms with E-state index in [4.69, 9.17) is 16.7 Å². The lowest BCUT2D eigenvalue weighted by Crippen LogP contribution is -2.36. The second-order valence-electron chi connectivity index (χ2n) is 7.33. The quantitative estimate of drug-likeness (QED) is 0.611. The molecule has 1 aliphatic rings. The Hall–Kier alpha value is -2.10. The molecule has 1 aromatic carbocycles. The highest BCUT2D eigenvalue weighted by Gasteiger charge is 2.26. The van der Waals surface area contributed by atoms with Gasteiger partial charge in [0.05, 0.1) is 12.6 Å². The van der Waals surface area contributed by atoms with Crippen molar-refractivity contribution in [2.75, 3.05) is 18.4 Å².